The number of carbonyl (C=O) groups is 4. The summed E-state index contributed by atoms with van der Waals surface area (Å²) < 4.78 is 0. The van der Waals surface area contributed by atoms with Crippen molar-refractivity contribution in [2.24, 2.45) is 23.1 Å². The Balaban J connectivity index is 2.96. The molecule has 10 N–H and O–H groups in total. The second kappa shape index (κ2) is 18.3. The lowest BCUT2D eigenvalue weighted by Crippen LogP contribution is -2.58. The first-order valence-electron chi connectivity index (χ1n) is 13.5. The van der Waals surface area contributed by atoms with Crippen LogP contribution in [-0.4, -0.2) is 66.1 Å². The van der Waals surface area contributed by atoms with E-state index in [2.05, 4.69) is 16.0 Å². The molecule has 3 amide bonds. The zero-order valence-electron chi connectivity index (χ0n) is 22.7. The molecule has 1 rings (SSSR count). The summed E-state index contributed by atoms with van der Waals surface area (Å²) in [6.45, 7) is 4.54. The highest BCUT2D eigenvalue weighted by Crippen LogP contribution is 2.12. The molecule has 0 fully saturated rings. The van der Waals surface area contributed by atoms with Gasteiger partial charge < -0.3 is 38.3 Å². The maximum absolute atomic E-state index is 13.3. The molecule has 0 radical (unpaired) electrons. The van der Waals surface area contributed by atoms with Gasteiger partial charge >= 0.3 is 5.97 Å². The molecule has 0 saturated heterocycles. The maximum atomic E-state index is 13.3. The van der Waals surface area contributed by atoms with Crippen molar-refractivity contribution in [2.75, 3.05) is 13.1 Å². The normalized spacial score (nSPS) is 15.0. The van der Waals surface area contributed by atoms with Gasteiger partial charge in [0.15, 0.2) is 0 Å². The number of rotatable bonds is 19. The van der Waals surface area contributed by atoms with Gasteiger partial charge in [0.05, 0.1) is 6.04 Å². The molecule has 38 heavy (non-hydrogen) atoms. The number of unbranched alkanes of at least 4 members (excludes halogenated alkanes) is 2. The fourth-order valence-corrected chi connectivity index (χ4v) is 3.97. The van der Waals surface area contributed by atoms with Gasteiger partial charge in [0.25, 0.3) is 0 Å². The molecule has 0 aliphatic heterocycles. The summed E-state index contributed by atoms with van der Waals surface area (Å²) in [5.41, 5.74) is 18.1. The van der Waals surface area contributed by atoms with Crippen LogP contribution in [0, 0.1) is 5.92 Å². The molecule has 0 saturated carbocycles. The predicted molar refractivity (Wildman–Crippen MR) is 147 cm³/mol. The smallest absolute Gasteiger partial charge is 0.326 e. The molecule has 0 aromatic heterocycles. The third kappa shape index (κ3) is 12.0. The van der Waals surface area contributed by atoms with E-state index >= 15 is 0 Å². The quantitative estimate of drug-likeness (QED) is 0.123. The molecular formula is C27H46N6O5. The lowest BCUT2D eigenvalue weighted by Gasteiger charge is -2.28. The van der Waals surface area contributed by atoms with E-state index in [1.54, 1.807) is 6.92 Å². The van der Waals surface area contributed by atoms with Gasteiger partial charge in [0.1, 0.15) is 18.1 Å². The number of benzene rings is 1. The standard InChI is InChI=1S/C27H46N6O5/c1-3-18(2)23(26(36)32-22(27(37)38)14-8-10-16-29)33-25(35)21(13-7-9-15-28)31-24(34)20(30)17-19-11-5-4-6-12-19/h4-6,11-12,18,20-23H,3,7-10,13-17,28-30H2,1-2H3,(H,31,34)(H,32,36)(H,33,35)(H,37,38). The van der Waals surface area contributed by atoms with Crippen LogP contribution in [0.3, 0.4) is 0 Å². The third-order valence-electron chi connectivity index (χ3n) is 6.57. The average molecular weight is 535 g/mol. The first-order valence-corrected chi connectivity index (χ1v) is 13.5. The lowest BCUT2D eigenvalue weighted by atomic mass is 9.96. The van der Waals surface area contributed by atoms with E-state index in [0.717, 1.165) is 5.56 Å². The van der Waals surface area contributed by atoms with Gasteiger partial charge in [-0.1, -0.05) is 50.6 Å². The molecule has 0 aliphatic rings. The van der Waals surface area contributed by atoms with Crippen LogP contribution in [0.4, 0.5) is 0 Å². The van der Waals surface area contributed by atoms with Crippen LogP contribution in [0.5, 0.6) is 0 Å². The SMILES string of the molecule is CCC(C)C(NC(=O)C(CCCCN)NC(=O)C(N)Cc1ccccc1)C(=O)NC(CCCCN)C(=O)O. The fourth-order valence-electron chi connectivity index (χ4n) is 3.97. The number of nitrogens with one attached hydrogen (secondary N) is 3. The fraction of sp³-hybridized carbons (Fsp3) is 0.630. The molecule has 5 atom stereocenters. The summed E-state index contributed by atoms with van der Waals surface area (Å²) in [5, 5.41) is 17.6. The zero-order valence-corrected chi connectivity index (χ0v) is 22.7. The Labute approximate surface area is 225 Å². The summed E-state index contributed by atoms with van der Waals surface area (Å²) in [5.74, 6) is -3.02. The Hall–Kier alpha value is -3.02. The Morgan fingerprint density at radius 1 is 0.816 bits per heavy atom. The minimum Gasteiger partial charge on any atom is -0.480 e. The topological polar surface area (TPSA) is 203 Å². The first kappa shape index (κ1) is 33.0. The van der Waals surface area contributed by atoms with E-state index in [4.69, 9.17) is 17.2 Å². The monoisotopic (exact) mass is 534 g/mol. The molecule has 11 heteroatoms. The van der Waals surface area contributed by atoms with Gasteiger partial charge in [-0.3, -0.25) is 14.4 Å². The van der Waals surface area contributed by atoms with Crippen molar-refractivity contribution in [1.29, 1.82) is 0 Å². The number of hydrogen-bond acceptors (Lipinski definition) is 7. The Morgan fingerprint density at radius 3 is 1.89 bits per heavy atom. The van der Waals surface area contributed by atoms with Crippen molar-refractivity contribution in [1.82, 2.24) is 16.0 Å². The van der Waals surface area contributed by atoms with Gasteiger partial charge in [-0.2, -0.15) is 0 Å². The second-order valence-electron chi connectivity index (χ2n) is 9.70. The summed E-state index contributed by atoms with van der Waals surface area (Å²) in [7, 11) is 0. The molecule has 0 bridgehead atoms. The predicted octanol–water partition coefficient (Wildman–Crippen LogP) is 0.400. The number of carboxylic acids is 1. The lowest BCUT2D eigenvalue weighted by molar-refractivity contribution is -0.143. The van der Waals surface area contributed by atoms with E-state index in [-0.39, 0.29) is 12.3 Å². The van der Waals surface area contributed by atoms with Crippen LogP contribution >= 0.6 is 0 Å². The van der Waals surface area contributed by atoms with Crippen LogP contribution in [0.1, 0.15) is 64.4 Å². The van der Waals surface area contributed by atoms with Gasteiger partial charge in [-0.25, -0.2) is 4.79 Å². The summed E-state index contributed by atoms with van der Waals surface area (Å²) in [4.78, 5) is 51.0. The van der Waals surface area contributed by atoms with E-state index in [1.807, 2.05) is 37.3 Å². The van der Waals surface area contributed by atoms with Gasteiger partial charge in [-0.05, 0) is 69.5 Å². The maximum Gasteiger partial charge on any atom is 0.326 e. The van der Waals surface area contributed by atoms with Crippen LogP contribution in [0.25, 0.3) is 0 Å². The molecule has 11 nitrogen and oxygen atoms in total. The van der Waals surface area contributed by atoms with E-state index in [1.165, 1.54) is 0 Å². The highest BCUT2D eigenvalue weighted by atomic mass is 16.4. The average Bonchev–Trinajstić information content (AvgIpc) is 2.90. The third-order valence-corrected chi connectivity index (χ3v) is 6.57. The van der Waals surface area contributed by atoms with Crippen molar-refractivity contribution >= 4 is 23.7 Å². The van der Waals surface area contributed by atoms with Crippen molar-refractivity contribution < 1.29 is 24.3 Å². The second-order valence-corrected chi connectivity index (χ2v) is 9.70. The number of carboxylic acid groups (broad SMARTS) is 1. The summed E-state index contributed by atoms with van der Waals surface area (Å²) in [6.07, 6.45) is 3.86. The summed E-state index contributed by atoms with van der Waals surface area (Å²) >= 11 is 0. The van der Waals surface area contributed by atoms with Crippen LogP contribution in [-0.2, 0) is 25.6 Å². The molecule has 1 aromatic carbocycles. The van der Waals surface area contributed by atoms with Crippen molar-refractivity contribution in [3.8, 4) is 0 Å². The molecule has 1 aromatic rings. The van der Waals surface area contributed by atoms with E-state index < -0.39 is 47.9 Å². The van der Waals surface area contributed by atoms with Crippen molar-refractivity contribution in [3.63, 3.8) is 0 Å². The van der Waals surface area contributed by atoms with Gasteiger partial charge in [0.2, 0.25) is 17.7 Å². The Morgan fingerprint density at radius 2 is 1.37 bits per heavy atom. The van der Waals surface area contributed by atoms with Crippen LogP contribution in [0.2, 0.25) is 0 Å². The largest absolute Gasteiger partial charge is 0.480 e. The summed E-state index contributed by atoms with van der Waals surface area (Å²) in [6, 6.07) is 5.48. The number of aliphatic carboxylic acids is 1. The number of nitrogens with two attached hydrogens (primary N) is 3. The Bertz CT molecular complexity index is 869. The highest BCUT2D eigenvalue weighted by molar-refractivity contribution is 5.94. The van der Waals surface area contributed by atoms with Gasteiger partial charge in [0, 0.05) is 0 Å². The number of amides is 3. The van der Waals surface area contributed by atoms with E-state index in [0.29, 0.717) is 58.0 Å². The molecule has 0 spiro atoms. The molecule has 5 unspecified atom stereocenters. The molecular weight excluding hydrogens is 488 g/mol. The highest BCUT2D eigenvalue weighted by Gasteiger charge is 2.32. The van der Waals surface area contributed by atoms with Crippen LogP contribution < -0.4 is 33.2 Å². The zero-order chi connectivity index (χ0) is 28.5. The molecule has 0 aliphatic carbocycles. The minimum atomic E-state index is -1.15. The molecule has 214 valence electrons. The van der Waals surface area contributed by atoms with Crippen LogP contribution in [0.15, 0.2) is 30.3 Å². The minimum absolute atomic E-state index is 0.233. The molecule has 0 heterocycles. The van der Waals surface area contributed by atoms with Crippen molar-refractivity contribution in [2.45, 2.75) is 89.4 Å². The van der Waals surface area contributed by atoms with Gasteiger partial charge in [-0.15, -0.1) is 0 Å². The number of carbonyl (C=O) groups excluding carboxylic acids is 3. The number of hydrogen-bond donors (Lipinski definition) is 7. The van der Waals surface area contributed by atoms with E-state index in [9.17, 15) is 24.3 Å². The van der Waals surface area contributed by atoms with Crippen molar-refractivity contribution in [3.05, 3.63) is 35.9 Å². The Kier molecular flexibility index (Phi) is 15.9. The first-order chi connectivity index (χ1) is 18.1.